The first-order valence-electron chi connectivity index (χ1n) is 12.2. The molecule has 0 radical (unpaired) electrons. The molecule has 5 atom stereocenters. The molecule has 4 aliphatic rings. The lowest BCUT2D eigenvalue weighted by atomic mass is 9.63. The van der Waals surface area contributed by atoms with Crippen LogP contribution < -0.4 is 10.6 Å². The van der Waals surface area contributed by atoms with Gasteiger partial charge in [-0.25, -0.2) is 4.79 Å². The molecule has 2 bridgehead atoms. The number of carbonyl (C=O) groups excluding carboxylic acids is 3. The molecule has 0 unspecified atom stereocenters. The van der Waals surface area contributed by atoms with Gasteiger partial charge < -0.3 is 10.6 Å². The van der Waals surface area contributed by atoms with Gasteiger partial charge in [0, 0.05) is 11.8 Å². The van der Waals surface area contributed by atoms with Crippen molar-refractivity contribution in [3.05, 3.63) is 90.5 Å². The molecule has 1 saturated carbocycles. The van der Waals surface area contributed by atoms with Gasteiger partial charge in [0.15, 0.2) is 0 Å². The van der Waals surface area contributed by atoms with Crippen LogP contribution in [0.25, 0.3) is 10.8 Å². The lowest BCUT2D eigenvalue weighted by Crippen LogP contribution is -2.53. The molecule has 3 aromatic carbocycles. The van der Waals surface area contributed by atoms with Crippen LogP contribution in [-0.4, -0.2) is 28.9 Å². The lowest BCUT2D eigenvalue weighted by molar-refractivity contribution is -0.143. The minimum Gasteiger partial charge on any atom is -0.317 e. The number of nitrogens with zero attached hydrogens (tertiary/aromatic N) is 1. The fourth-order valence-electron chi connectivity index (χ4n) is 6.09. The van der Waals surface area contributed by atoms with Crippen LogP contribution in [0, 0.1) is 23.7 Å². The molecule has 6 heteroatoms. The summed E-state index contributed by atoms with van der Waals surface area (Å²) < 4.78 is 0. The maximum absolute atomic E-state index is 13.6. The van der Waals surface area contributed by atoms with Crippen molar-refractivity contribution in [2.24, 2.45) is 23.7 Å². The first kappa shape index (κ1) is 21.6. The zero-order valence-electron chi connectivity index (χ0n) is 19.3. The molecule has 1 heterocycles. The molecule has 176 valence electrons. The molecule has 3 aromatic rings. The minimum absolute atomic E-state index is 0.105. The van der Waals surface area contributed by atoms with Crippen LogP contribution in [0.5, 0.6) is 0 Å². The van der Waals surface area contributed by atoms with Crippen LogP contribution in [-0.2, 0) is 16.0 Å². The van der Waals surface area contributed by atoms with E-state index < -0.39 is 12.2 Å². The van der Waals surface area contributed by atoms with Crippen molar-refractivity contribution in [3.8, 4) is 0 Å². The lowest BCUT2D eigenvalue weighted by Gasteiger charge is -2.38. The van der Waals surface area contributed by atoms with E-state index in [1.807, 2.05) is 72.8 Å². The highest BCUT2D eigenvalue weighted by atomic mass is 16.2. The Bertz CT molecular complexity index is 1300. The summed E-state index contributed by atoms with van der Waals surface area (Å²) in [7, 11) is 0. The average Bonchev–Trinajstić information content (AvgIpc) is 3.17. The Hall–Kier alpha value is -3.93. The van der Waals surface area contributed by atoms with E-state index in [9.17, 15) is 14.4 Å². The first-order chi connectivity index (χ1) is 17.1. The molecule has 6 nitrogen and oxygen atoms in total. The van der Waals surface area contributed by atoms with Gasteiger partial charge >= 0.3 is 6.03 Å². The summed E-state index contributed by atoms with van der Waals surface area (Å²) in [6.45, 7) is 0. The smallest absolute Gasteiger partial charge is 0.317 e. The van der Waals surface area contributed by atoms with Crippen molar-refractivity contribution in [2.75, 3.05) is 5.32 Å². The standard InChI is InChI=1S/C29H27N3O3/c33-27-25-20-13-14-21(16-15-20)26(25)28(34)32(27)24(17-18-7-2-1-3-8-18)31-29(35)30-23-12-6-10-19-9-4-5-11-22(19)23/h1-14,20-21,24-26H,15-17H2,(H2,30,31,35)/t20-,21-,24-,25-,26+/m0/s1. The van der Waals surface area contributed by atoms with Gasteiger partial charge in [-0.05, 0) is 41.7 Å². The van der Waals surface area contributed by atoms with E-state index in [2.05, 4.69) is 22.8 Å². The fraction of sp³-hybridized carbons (Fsp3) is 0.276. The number of imide groups is 1. The summed E-state index contributed by atoms with van der Waals surface area (Å²) >= 11 is 0. The maximum atomic E-state index is 13.6. The molecule has 0 aromatic heterocycles. The molecular weight excluding hydrogens is 438 g/mol. The summed E-state index contributed by atoms with van der Waals surface area (Å²) in [6, 6.07) is 22.7. The summed E-state index contributed by atoms with van der Waals surface area (Å²) in [6.07, 6.45) is 5.68. The molecule has 0 spiro atoms. The molecule has 2 N–H and O–H groups in total. The number of anilines is 1. The molecule has 1 saturated heterocycles. The topological polar surface area (TPSA) is 78.5 Å². The van der Waals surface area contributed by atoms with E-state index >= 15 is 0 Å². The number of allylic oxidation sites excluding steroid dienone is 2. The number of hydrogen-bond donors (Lipinski definition) is 2. The fourth-order valence-corrected chi connectivity index (χ4v) is 6.09. The van der Waals surface area contributed by atoms with E-state index in [-0.39, 0.29) is 35.5 Å². The minimum atomic E-state index is -0.766. The third kappa shape index (κ3) is 3.79. The molecule has 1 aliphatic heterocycles. The van der Waals surface area contributed by atoms with Gasteiger partial charge in [0.2, 0.25) is 11.8 Å². The van der Waals surface area contributed by atoms with Crippen LogP contribution in [0.1, 0.15) is 18.4 Å². The van der Waals surface area contributed by atoms with Crippen molar-refractivity contribution in [3.63, 3.8) is 0 Å². The van der Waals surface area contributed by atoms with Crippen molar-refractivity contribution < 1.29 is 14.4 Å². The number of rotatable bonds is 5. The number of amides is 4. The highest BCUT2D eigenvalue weighted by Crippen LogP contribution is 2.50. The molecule has 35 heavy (non-hydrogen) atoms. The second-order valence-corrected chi connectivity index (χ2v) is 9.72. The third-order valence-corrected chi connectivity index (χ3v) is 7.71. The highest BCUT2D eigenvalue weighted by Gasteiger charge is 2.58. The van der Waals surface area contributed by atoms with Crippen molar-refractivity contribution in [2.45, 2.75) is 25.4 Å². The summed E-state index contributed by atoms with van der Waals surface area (Å²) in [5.74, 6) is -0.738. The Labute approximate surface area is 204 Å². The van der Waals surface area contributed by atoms with Crippen LogP contribution in [0.3, 0.4) is 0 Å². The molecule has 2 fully saturated rings. The van der Waals surface area contributed by atoms with Crippen LogP contribution in [0.15, 0.2) is 84.9 Å². The van der Waals surface area contributed by atoms with E-state index in [0.717, 1.165) is 29.2 Å². The Morgan fingerprint density at radius 2 is 1.46 bits per heavy atom. The highest BCUT2D eigenvalue weighted by molar-refractivity contribution is 6.07. The van der Waals surface area contributed by atoms with E-state index in [0.29, 0.717) is 12.1 Å². The molecule has 4 amide bonds. The number of fused-ring (bicyclic) bond motifs is 2. The van der Waals surface area contributed by atoms with Gasteiger partial charge in [0.25, 0.3) is 0 Å². The number of hydrogen-bond acceptors (Lipinski definition) is 3. The second-order valence-electron chi connectivity index (χ2n) is 9.72. The number of urea groups is 1. The van der Waals surface area contributed by atoms with E-state index in [1.54, 1.807) is 0 Å². The predicted molar refractivity (Wildman–Crippen MR) is 134 cm³/mol. The number of carbonyl (C=O) groups is 3. The van der Waals surface area contributed by atoms with Gasteiger partial charge in [0.05, 0.1) is 17.5 Å². The third-order valence-electron chi connectivity index (χ3n) is 7.71. The average molecular weight is 466 g/mol. The number of benzene rings is 3. The van der Waals surface area contributed by atoms with E-state index in [4.69, 9.17) is 0 Å². The largest absolute Gasteiger partial charge is 0.320 e. The first-order valence-corrected chi connectivity index (χ1v) is 12.2. The van der Waals surface area contributed by atoms with Crippen molar-refractivity contribution in [1.82, 2.24) is 10.2 Å². The number of likely N-dealkylation sites (tertiary alicyclic amines) is 1. The molecule has 3 aliphatic carbocycles. The van der Waals surface area contributed by atoms with E-state index in [1.165, 1.54) is 4.90 Å². The quantitative estimate of drug-likeness (QED) is 0.423. The summed E-state index contributed by atoms with van der Waals surface area (Å²) in [5.41, 5.74) is 1.62. The monoisotopic (exact) mass is 465 g/mol. The van der Waals surface area contributed by atoms with Crippen LogP contribution >= 0.6 is 0 Å². The SMILES string of the molecule is O=C(Nc1cccc2ccccc12)N[C@H](Cc1ccccc1)N1C(=O)[C@@H]2[C@H](C1=O)[C@H]1C=C[C@H]2CC1. The van der Waals surface area contributed by atoms with Crippen LogP contribution in [0.4, 0.5) is 10.5 Å². The maximum Gasteiger partial charge on any atom is 0.320 e. The number of nitrogens with one attached hydrogen (secondary N) is 2. The van der Waals surface area contributed by atoms with Crippen molar-refractivity contribution >= 4 is 34.3 Å². The normalized spacial score (nSPS) is 25.5. The Morgan fingerprint density at radius 1 is 0.829 bits per heavy atom. The Morgan fingerprint density at radius 3 is 2.14 bits per heavy atom. The van der Waals surface area contributed by atoms with Gasteiger partial charge in [-0.1, -0.05) is 78.9 Å². The van der Waals surface area contributed by atoms with Crippen LogP contribution in [0.2, 0.25) is 0 Å². The predicted octanol–water partition coefficient (Wildman–Crippen LogP) is 4.73. The van der Waals surface area contributed by atoms with Gasteiger partial charge in [-0.3, -0.25) is 14.5 Å². The summed E-state index contributed by atoms with van der Waals surface area (Å²) in [4.78, 5) is 41.7. The van der Waals surface area contributed by atoms with Gasteiger partial charge in [0.1, 0.15) is 6.17 Å². The van der Waals surface area contributed by atoms with Crippen molar-refractivity contribution in [1.29, 1.82) is 0 Å². The second kappa shape index (κ2) is 8.69. The summed E-state index contributed by atoms with van der Waals surface area (Å²) in [5, 5.41) is 7.83. The Kier molecular flexibility index (Phi) is 5.36. The van der Waals surface area contributed by atoms with Gasteiger partial charge in [-0.2, -0.15) is 0 Å². The Balaban J connectivity index is 1.28. The zero-order chi connectivity index (χ0) is 23.9. The zero-order valence-corrected chi connectivity index (χ0v) is 19.3. The molecular formula is C29H27N3O3. The molecule has 7 rings (SSSR count). The van der Waals surface area contributed by atoms with Gasteiger partial charge in [-0.15, -0.1) is 0 Å².